The number of hydrogen-bond acceptors (Lipinski definition) is 5. The summed E-state index contributed by atoms with van der Waals surface area (Å²) < 4.78 is 0. The van der Waals surface area contributed by atoms with Gasteiger partial charge in [-0.25, -0.2) is 4.99 Å². The number of H-pyrrole nitrogens is 1. The molecule has 0 unspecified atom stereocenters. The van der Waals surface area contributed by atoms with Gasteiger partial charge in [0.1, 0.15) is 17.3 Å². The molecule has 1 N–H and O–H groups in total. The molecule has 21 heavy (non-hydrogen) atoms. The van der Waals surface area contributed by atoms with Crippen LogP contribution in [0.5, 0.6) is 0 Å². The molecule has 0 saturated carbocycles. The Kier molecular flexibility index (Phi) is 3.95. The third kappa shape index (κ3) is 3.03. The van der Waals surface area contributed by atoms with Gasteiger partial charge < -0.3 is 4.90 Å². The second-order valence-corrected chi connectivity index (χ2v) is 4.42. The van der Waals surface area contributed by atoms with Crippen LogP contribution >= 0.6 is 0 Å². The lowest BCUT2D eigenvalue weighted by Crippen LogP contribution is -2.07. The van der Waals surface area contributed by atoms with Gasteiger partial charge in [-0.1, -0.05) is 0 Å². The number of rotatable bonds is 4. The molecule has 8 nitrogen and oxygen atoms in total. The topological polar surface area (TPSA) is 111 Å². The number of hydrogen-bond donors (Lipinski definition) is 1. The molecular weight excluding hydrogens is 272 g/mol. The molecule has 1 aromatic heterocycles. The van der Waals surface area contributed by atoms with Crippen LogP contribution in [0.3, 0.4) is 0 Å². The number of nitrogens with one attached hydrogen (secondary N) is 1. The summed E-state index contributed by atoms with van der Waals surface area (Å²) in [4.78, 5) is 16.0. The lowest BCUT2D eigenvalue weighted by atomic mass is 10.1. The molecule has 0 fully saturated rings. The summed E-state index contributed by atoms with van der Waals surface area (Å²) in [5, 5.41) is 26.6. The summed E-state index contributed by atoms with van der Waals surface area (Å²) in [6.45, 7) is 0. The summed E-state index contributed by atoms with van der Waals surface area (Å²) in [6.07, 6.45) is 1.55. The first kappa shape index (κ1) is 14.2. The minimum absolute atomic E-state index is 0.0151. The van der Waals surface area contributed by atoms with E-state index in [0.717, 1.165) is 0 Å². The van der Waals surface area contributed by atoms with E-state index in [-0.39, 0.29) is 5.69 Å². The van der Waals surface area contributed by atoms with Crippen molar-refractivity contribution in [3.63, 3.8) is 0 Å². The monoisotopic (exact) mass is 284 g/mol. The Labute approximate surface area is 120 Å². The quantitative estimate of drug-likeness (QED) is 0.400. The number of benzene rings is 1. The van der Waals surface area contributed by atoms with Gasteiger partial charge in [-0.3, -0.25) is 15.2 Å². The molecule has 1 aromatic carbocycles. The van der Waals surface area contributed by atoms with Crippen LogP contribution in [0.4, 0.5) is 11.5 Å². The van der Waals surface area contributed by atoms with Crippen molar-refractivity contribution in [2.24, 2.45) is 4.99 Å². The van der Waals surface area contributed by atoms with Crippen molar-refractivity contribution in [3.05, 3.63) is 39.9 Å². The van der Waals surface area contributed by atoms with E-state index in [0.29, 0.717) is 22.6 Å². The van der Waals surface area contributed by atoms with E-state index in [2.05, 4.69) is 15.2 Å². The molecule has 8 heteroatoms. The average molecular weight is 284 g/mol. The minimum Gasteiger partial charge on any atom is -0.369 e. The average Bonchev–Trinajstić information content (AvgIpc) is 2.88. The zero-order chi connectivity index (χ0) is 15.4. The van der Waals surface area contributed by atoms with E-state index < -0.39 is 4.92 Å². The number of nitriles is 1. The van der Waals surface area contributed by atoms with Crippen molar-refractivity contribution in [2.45, 2.75) is 0 Å². The number of aromatic amines is 1. The van der Waals surface area contributed by atoms with Crippen LogP contribution in [0.2, 0.25) is 0 Å². The second kappa shape index (κ2) is 5.83. The Morgan fingerprint density at radius 3 is 2.62 bits per heavy atom. The highest BCUT2D eigenvalue weighted by molar-refractivity contribution is 5.74. The molecule has 2 rings (SSSR count). The normalized spacial score (nSPS) is 10.5. The maximum absolute atomic E-state index is 10.6. The molecule has 0 aliphatic carbocycles. The highest BCUT2D eigenvalue weighted by Gasteiger charge is 2.15. The van der Waals surface area contributed by atoms with Gasteiger partial charge in [-0.05, 0) is 12.1 Å². The van der Waals surface area contributed by atoms with Gasteiger partial charge in [0, 0.05) is 31.8 Å². The number of non-ortho nitro benzene ring substituents is 1. The van der Waals surface area contributed by atoms with Crippen molar-refractivity contribution in [3.8, 4) is 17.3 Å². The number of nitrogens with zero attached hydrogens (tertiary/aromatic N) is 5. The molecule has 2 aromatic rings. The van der Waals surface area contributed by atoms with Crippen molar-refractivity contribution in [2.75, 3.05) is 14.1 Å². The number of nitro groups is 1. The third-order valence-electron chi connectivity index (χ3n) is 2.63. The van der Waals surface area contributed by atoms with Gasteiger partial charge in [-0.2, -0.15) is 10.4 Å². The molecule has 0 radical (unpaired) electrons. The first-order valence-corrected chi connectivity index (χ1v) is 5.97. The Morgan fingerprint density at radius 2 is 2.10 bits per heavy atom. The van der Waals surface area contributed by atoms with E-state index >= 15 is 0 Å². The second-order valence-electron chi connectivity index (χ2n) is 4.42. The van der Waals surface area contributed by atoms with E-state index in [1.165, 1.54) is 12.1 Å². The fourth-order valence-corrected chi connectivity index (χ4v) is 1.66. The fourth-order valence-electron chi connectivity index (χ4n) is 1.66. The van der Waals surface area contributed by atoms with E-state index in [1.807, 2.05) is 20.2 Å². The standard InChI is InChI=1S/C13H12N6O2/c1-18(2)8-15-13-11(7-14)12(16-17-13)9-3-5-10(6-4-9)19(20)21/h3-6,8H,1-2H3,(H,16,17). The minimum atomic E-state index is -0.480. The molecule has 0 aliphatic heterocycles. The number of aliphatic imine (C=N–C) groups is 1. The van der Waals surface area contributed by atoms with Gasteiger partial charge >= 0.3 is 0 Å². The molecule has 106 valence electrons. The molecule has 0 aliphatic rings. The van der Waals surface area contributed by atoms with Gasteiger partial charge in [0.15, 0.2) is 5.82 Å². The van der Waals surface area contributed by atoms with Crippen molar-refractivity contribution >= 4 is 17.8 Å². The maximum Gasteiger partial charge on any atom is 0.269 e. The zero-order valence-corrected chi connectivity index (χ0v) is 11.4. The van der Waals surface area contributed by atoms with Gasteiger partial charge in [-0.15, -0.1) is 0 Å². The maximum atomic E-state index is 10.6. The first-order valence-electron chi connectivity index (χ1n) is 5.97. The summed E-state index contributed by atoms with van der Waals surface area (Å²) in [5.74, 6) is 0.347. The van der Waals surface area contributed by atoms with Crippen LogP contribution in [0, 0.1) is 21.4 Å². The smallest absolute Gasteiger partial charge is 0.269 e. The van der Waals surface area contributed by atoms with Gasteiger partial charge in [0.05, 0.1) is 11.3 Å². The summed E-state index contributed by atoms with van der Waals surface area (Å²) >= 11 is 0. The predicted molar refractivity (Wildman–Crippen MR) is 77.2 cm³/mol. The SMILES string of the molecule is CN(C)C=Nc1[nH]nc(-c2ccc([N+](=O)[O-])cc2)c1C#N. The van der Waals surface area contributed by atoms with Gasteiger partial charge in [0.2, 0.25) is 0 Å². The summed E-state index contributed by atoms with van der Waals surface area (Å²) in [6, 6.07) is 7.88. The zero-order valence-electron chi connectivity index (χ0n) is 11.4. The summed E-state index contributed by atoms with van der Waals surface area (Å²) in [5.41, 5.74) is 1.30. The predicted octanol–water partition coefficient (Wildman–Crippen LogP) is 2.08. The Bertz CT molecular complexity index is 724. The van der Waals surface area contributed by atoms with Crippen molar-refractivity contribution in [1.82, 2.24) is 15.1 Å². The van der Waals surface area contributed by atoms with Crippen molar-refractivity contribution < 1.29 is 4.92 Å². The van der Waals surface area contributed by atoms with E-state index in [4.69, 9.17) is 0 Å². The summed E-state index contributed by atoms with van der Waals surface area (Å²) in [7, 11) is 3.62. The van der Waals surface area contributed by atoms with E-state index in [1.54, 1.807) is 23.4 Å². The molecule has 0 saturated heterocycles. The lowest BCUT2D eigenvalue weighted by Gasteiger charge is -2.01. The van der Waals surface area contributed by atoms with Crippen LogP contribution in [0.25, 0.3) is 11.3 Å². The largest absolute Gasteiger partial charge is 0.369 e. The van der Waals surface area contributed by atoms with Crippen LogP contribution in [-0.4, -0.2) is 40.5 Å². The lowest BCUT2D eigenvalue weighted by molar-refractivity contribution is -0.384. The van der Waals surface area contributed by atoms with Crippen molar-refractivity contribution in [1.29, 1.82) is 5.26 Å². The molecule has 0 spiro atoms. The molecule has 0 atom stereocenters. The van der Waals surface area contributed by atoms with Crippen LogP contribution in [0.15, 0.2) is 29.3 Å². The number of aromatic nitrogens is 2. The molecule has 1 heterocycles. The first-order chi connectivity index (χ1) is 10.0. The highest BCUT2D eigenvalue weighted by Crippen LogP contribution is 2.28. The Morgan fingerprint density at radius 1 is 1.43 bits per heavy atom. The fraction of sp³-hybridized carbons (Fsp3) is 0.154. The van der Waals surface area contributed by atoms with E-state index in [9.17, 15) is 15.4 Å². The van der Waals surface area contributed by atoms with Crippen LogP contribution in [-0.2, 0) is 0 Å². The molecule has 0 bridgehead atoms. The van der Waals surface area contributed by atoms with Crippen LogP contribution in [0.1, 0.15) is 5.56 Å². The molecule has 0 amide bonds. The highest BCUT2D eigenvalue weighted by atomic mass is 16.6. The Balaban J connectivity index is 2.41. The number of nitro benzene ring substituents is 1. The molecular formula is C13H12N6O2. The Hall–Kier alpha value is -3.21. The van der Waals surface area contributed by atoms with Gasteiger partial charge in [0.25, 0.3) is 5.69 Å². The van der Waals surface area contributed by atoms with Crippen LogP contribution < -0.4 is 0 Å². The third-order valence-corrected chi connectivity index (χ3v) is 2.63.